The van der Waals surface area contributed by atoms with Gasteiger partial charge in [-0.15, -0.1) is 11.6 Å². The van der Waals surface area contributed by atoms with E-state index in [0.717, 1.165) is 12.5 Å². The van der Waals surface area contributed by atoms with Crippen molar-refractivity contribution in [1.82, 2.24) is 0 Å². The zero-order valence-corrected chi connectivity index (χ0v) is 8.81. The average Bonchev–Trinajstić information content (AvgIpc) is 2.22. The minimum atomic E-state index is -0.840. The molecule has 0 aliphatic carbocycles. The first-order chi connectivity index (χ1) is 7.16. The number of benzene rings is 1. The molecule has 1 aromatic carbocycles. The third-order valence-corrected chi connectivity index (χ3v) is 2.93. The van der Waals surface area contributed by atoms with E-state index in [9.17, 15) is 8.78 Å². The molecule has 1 aliphatic heterocycles. The molecule has 2 rings (SSSR count). The van der Waals surface area contributed by atoms with Crippen LogP contribution in [0, 0.1) is 11.6 Å². The van der Waals surface area contributed by atoms with Gasteiger partial charge >= 0.3 is 0 Å². The van der Waals surface area contributed by atoms with Gasteiger partial charge < -0.3 is 4.74 Å². The van der Waals surface area contributed by atoms with Gasteiger partial charge in [-0.05, 0) is 30.5 Å². The standard InChI is InChI=1S/C11H11ClF2O/c12-8-3-4-15-11(6-8)7-1-2-9(13)10(14)5-7/h1-2,5,8,11H,3-4,6H2. The van der Waals surface area contributed by atoms with Crippen LogP contribution in [0.25, 0.3) is 0 Å². The van der Waals surface area contributed by atoms with Crippen LogP contribution < -0.4 is 0 Å². The maximum atomic E-state index is 13.0. The van der Waals surface area contributed by atoms with Crippen LogP contribution in [0.5, 0.6) is 0 Å². The fraction of sp³-hybridized carbons (Fsp3) is 0.455. The van der Waals surface area contributed by atoms with Gasteiger partial charge in [0.25, 0.3) is 0 Å². The van der Waals surface area contributed by atoms with Gasteiger partial charge in [0.15, 0.2) is 11.6 Å². The smallest absolute Gasteiger partial charge is 0.159 e. The van der Waals surface area contributed by atoms with Crippen LogP contribution in [-0.4, -0.2) is 12.0 Å². The number of rotatable bonds is 1. The quantitative estimate of drug-likeness (QED) is 0.674. The van der Waals surface area contributed by atoms with E-state index in [-0.39, 0.29) is 11.5 Å². The number of alkyl halides is 1. The predicted molar refractivity (Wildman–Crippen MR) is 53.9 cm³/mol. The lowest BCUT2D eigenvalue weighted by Gasteiger charge is -2.26. The monoisotopic (exact) mass is 232 g/mol. The Kier molecular flexibility index (Phi) is 3.22. The summed E-state index contributed by atoms with van der Waals surface area (Å²) in [4.78, 5) is 0. The molecule has 0 N–H and O–H groups in total. The maximum absolute atomic E-state index is 13.0. The molecule has 0 aromatic heterocycles. The molecule has 2 unspecified atom stereocenters. The number of ether oxygens (including phenoxy) is 1. The van der Waals surface area contributed by atoms with Crippen molar-refractivity contribution in [2.24, 2.45) is 0 Å². The van der Waals surface area contributed by atoms with Gasteiger partial charge in [0.2, 0.25) is 0 Å². The third kappa shape index (κ3) is 2.47. The Morgan fingerprint density at radius 2 is 2.07 bits per heavy atom. The summed E-state index contributed by atoms with van der Waals surface area (Å²) in [6.45, 7) is 0.567. The molecule has 1 saturated heterocycles. The third-order valence-electron chi connectivity index (χ3n) is 2.54. The first kappa shape index (κ1) is 10.8. The van der Waals surface area contributed by atoms with E-state index in [4.69, 9.17) is 16.3 Å². The molecule has 1 nitrogen and oxygen atoms in total. The summed E-state index contributed by atoms with van der Waals surface area (Å²) in [6.07, 6.45) is 1.24. The highest BCUT2D eigenvalue weighted by molar-refractivity contribution is 6.20. The Hall–Kier alpha value is -0.670. The molecular formula is C11H11ClF2O. The normalized spacial score (nSPS) is 26.6. The first-order valence-corrected chi connectivity index (χ1v) is 5.31. The summed E-state index contributed by atoms with van der Waals surface area (Å²) >= 11 is 5.98. The molecule has 4 heteroatoms. The Balaban J connectivity index is 2.18. The molecule has 1 aromatic rings. The van der Waals surface area contributed by atoms with E-state index >= 15 is 0 Å². The van der Waals surface area contributed by atoms with Crippen molar-refractivity contribution in [3.05, 3.63) is 35.4 Å². The fourth-order valence-electron chi connectivity index (χ4n) is 1.70. The van der Waals surface area contributed by atoms with E-state index in [0.29, 0.717) is 18.6 Å². The molecule has 15 heavy (non-hydrogen) atoms. The van der Waals surface area contributed by atoms with Crippen molar-refractivity contribution in [3.63, 3.8) is 0 Å². The summed E-state index contributed by atoms with van der Waals surface area (Å²) in [5.74, 6) is -1.68. The minimum Gasteiger partial charge on any atom is -0.373 e. The van der Waals surface area contributed by atoms with Crippen LogP contribution in [0.2, 0.25) is 0 Å². The molecule has 0 radical (unpaired) electrons. The van der Waals surface area contributed by atoms with Crippen molar-refractivity contribution in [2.75, 3.05) is 6.61 Å². The second-order valence-electron chi connectivity index (χ2n) is 3.65. The largest absolute Gasteiger partial charge is 0.373 e. The summed E-state index contributed by atoms with van der Waals surface area (Å²) in [5.41, 5.74) is 0.652. The Bertz CT molecular complexity index is 356. The lowest BCUT2D eigenvalue weighted by molar-refractivity contribution is 0.0166. The number of hydrogen-bond donors (Lipinski definition) is 0. The summed E-state index contributed by atoms with van der Waals surface area (Å²) in [7, 11) is 0. The number of hydrogen-bond acceptors (Lipinski definition) is 1. The van der Waals surface area contributed by atoms with Crippen LogP contribution in [0.4, 0.5) is 8.78 Å². The Morgan fingerprint density at radius 1 is 1.27 bits per heavy atom. The summed E-state index contributed by atoms with van der Waals surface area (Å²) < 4.78 is 31.1. The molecule has 82 valence electrons. The van der Waals surface area contributed by atoms with Gasteiger partial charge in [0, 0.05) is 12.0 Å². The van der Waals surface area contributed by atoms with Crippen LogP contribution in [-0.2, 0) is 4.74 Å². The molecule has 2 atom stereocenters. The molecule has 0 saturated carbocycles. The van der Waals surface area contributed by atoms with Gasteiger partial charge in [-0.2, -0.15) is 0 Å². The van der Waals surface area contributed by atoms with Gasteiger partial charge in [-0.25, -0.2) is 8.78 Å². The van der Waals surface area contributed by atoms with Crippen LogP contribution in [0.15, 0.2) is 18.2 Å². The van der Waals surface area contributed by atoms with Crippen molar-refractivity contribution in [1.29, 1.82) is 0 Å². The number of halogens is 3. The van der Waals surface area contributed by atoms with Crippen molar-refractivity contribution < 1.29 is 13.5 Å². The highest BCUT2D eigenvalue weighted by atomic mass is 35.5. The zero-order chi connectivity index (χ0) is 10.8. The fourth-order valence-corrected chi connectivity index (χ4v) is 1.95. The Labute approximate surface area is 92.0 Å². The second-order valence-corrected chi connectivity index (χ2v) is 4.27. The van der Waals surface area contributed by atoms with E-state index in [1.807, 2.05) is 0 Å². The molecular weight excluding hydrogens is 222 g/mol. The first-order valence-electron chi connectivity index (χ1n) is 4.87. The summed E-state index contributed by atoms with van der Waals surface area (Å²) in [5, 5.41) is 0.0527. The maximum Gasteiger partial charge on any atom is 0.159 e. The van der Waals surface area contributed by atoms with Gasteiger partial charge in [0.1, 0.15) is 0 Å². The average molecular weight is 233 g/mol. The summed E-state index contributed by atoms with van der Waals surface area (Å²) in [6, 6.07) is 3.83. The predicted octanol–water partition coefficient (Wildman–Crippen LogP) is 3.42. The molecule has 1 fully saturated rings. The van der Waals surface area contributed by atoms with Crippen molar-refractivity contribution in [2.45, 2.75) is 24.3 Å². The molecule has 0 amide bonds. The molecule has 0 spiro atoms. The SMILES string of the molecule is Fc1ccc(C2CC(Cl)CCO2)cc1F. The van der Waals surface area contributed by atoms with Gasteiger partial charge in [0.05, 0.1) is 6.10 Å². The molecule has 1 heterocycles. The van der Waals surface area contributed by atoms with Crippen LogP contribution in [0.1, 0.15) is 24.5 Å². The van der Waals surface area contributed by atoms with E-state index in [1.54, 1.807) is 0 Å². The highest BCUT2D eigenvalue weighted by Gasteiger charge is 2.23. The van der Waals surface area contributed by atoms with Crippen LogP contribution in [0.3, 0.4) is 0 Å². The van der Waals surface area contributed by atoms with E-state index in [1.165, 1.54) is 12.1 Å². The minimum absolute atomic E-state index is 0.0527. The van der Waals surface area contributed by atoms with Gasteiger partial charge in [-0.3, -0.25) is 0 Å². The topological polar surface area (TPSA) is 9.23 Å². The van der Waals surface area contributed by atoms with Crippen molar-refractivity contribution >= 4 is 11.6 Å². The van der Waals surface area contributed by atoms with Crippen LogP contribution >= 0.6 is 11.6 Å². The van der Waals surface area contributed by atoms with E-state index < -0.39 is 11.6 Å². The molecule has 1 aliphatic rings. The zero-order valence-electron chi connectivity index (χ0n) is 8.05. The lowest BCUT2D eigenvalue weighted by Crippen LogP contribution is -2.20. The highest BCUT2D eigenvalue weighted by Crippen LogP contribution is 2.31. The van der Waals surface area contributed by atoms with Crippen molar-refractivity contribution in [3.8, 4) is 0 Å². The van der Waals surface area contributed by atoms with E-state index in [2.05, 4.69) is 0 Å². The Morgan fingerprint density at radius 3 is 2.73 bits per heavy atom. The second kappa shape index (κ2) is 4.45. The lowest BCUT2D eigenvalue weighted by atomic mass is 10.0. The van der Waals surface area contributed by atoms with Gasteiger partial charge in [-0.1, -0.05) is 6.07 Å². The molecule has 0 bridgehead atoms.